The van der Waals surface area contributed by atoms with Gasteiger partial charge in [0.05, 0.1) is 6.61 Å². The summed E-state index contributed by atoms with van der Waals surface area (Å²) in [5, 5.41) is 4.61. The molecule has 4 rings (SSSR count). The second-order valence-corrected chi connectivity index (χ2v) is 8.29. The van der Waals surface area contributed by atoms with Gasteiger partial charge in [0, 0.05) is 61.7 Å². The van der Waals surface area contributed by atoms with Crippen LogP contribution in [0.1, 0.15) is 67.5 Å². The first kappa shape index (κ1) is 20.4. The van der Waals surface area contributed by atoms with Crippen LogP contribution in [0, 0.1) is 0 Å². The van der Waals surface area contributed by atoms with Crippen molar-refractivity contribution in [1.82, 2.24) is 9.78 Å². The van der Waals surface area contributed by atoms with E-state index in [0.29, 0.717) is 18.8 Å². The number of hydrogen-bond donors (Lipinski definition) is 0. The number of ether oxygens (including phenoxy) is 1. The molecular weight excluding hydrogens is 380 g/mol. The molecule has 0 saturated carbocycles. The van der Waals surface area contributed by atoms with Crippen LogP contribution in [0.4, 0.5) is 11.4 Å². The van der Waals surface area contributed by atoms with Gasteiger partial charge in [-0.1, -0.05) is 0 Å². The summed E-state index contributed by atoms with van der Waals surface area (Å²) in [6.45, 7) is 10.2. The monoisotopic (exact) mass is 410 g/mol. The normalized spacial score (nSPS) is 15.8. The predicted molar refractivity (Wildman–Crippen MR) is 116 cm³/mol. The van der Waals surface area contributed by atoms with E-state index in [4.69, 9.17) is 4.74 Å². The van der Waals surface area contributed by atoms with Crippen LogP contribution in [0.3, 0.4) is 0 Å². The van der Waals surface area contributed by atoms with Crippen LogP contribution in [-0.2, 0) is 28.9 Å². The van der Waals surface area contributed by atoms with Crippen molar-refractivity contribution in [2.45, 2.75) is 59.5 Å². The van der Waals surface area contributed by atoms with E-state index in [-0.39, 0.29) is 17.9 Å². The van der Waals surface area contributed by atoms with Gasteiger partial charge in [-0.15, -0.1) is 0 Å². The van der Waals surface area contributed by atoms with Gasteiger partial charge < -0.3 is 14.5 Å². The van der Waals surface area contributed by atoms with E-state index in [2.05, 4.69) is 42.0 Å². The minimum atomic E-state index is -0.349. The molecule has 0 unspecified atom stereocenters. The summed E-state index contributed by atoms with van der Waals surface area (Å²) in [6, 6.07) is 6.54. The van der Waals surface area contributed by atoms with Crippen LogP contribution >= 0.6 is 0 Å². The van der Waals surface area contributed by atoms with Crippen molar-refractivity contribution in [3.05, 3.63) is 40.7 Å². The molecule has 0 aliphatic carbocycles. The summed E-state index contributed by atoms with van der Waals surface area (Å²) in [4.78, 5) is 28.7. The standard InChI is InChI=1S/C23H30N4O3/c1-5-30-23(29)22-19-14-25(12-10-21(19)27(24-22)15(2)3)18-8-9-20-17(13-18)7-6-11-26(20)16(4)28/h8-9,13,15H,5-7,10-12,14H2,1-4H3. The van der Waals surface area contributed by atoms with E-state index in [1.54, 1.807) is 6.92 Å². The van der Waals surface area contributed by atoms with Crippen molar-refractivity contribution < 1.29 is 14.3 Å². The zero-order valence-electron chi connectivity index (χ0n) is 18.3. The summed E-state index contributed by atoms with van der Waals surface area (Å²) >= 11 is 0. The van der Waals surface area contributed by atoms with Gasteiger partial charge in [-0.2, -0.15) is 5.10 Å². The topological polar surface area (TPSA) is 67.7 Å². The third kappa shape index (κ3) is 3.57. The molecule has 2 aromatic rings. The molecule has 2 aliphatic rings. The lowest BCUT2D eigenvalue weighted by atomic mass is 9.99. The van der Waals surface area contributed by atoms with Crippen molar-refractivity contribution in [3.63, 3.8) is 0 Å². The highest BCUT2D eigenvalue weighted by atomic mass is 16.5. The Morgan fingerprint density at radius 3 is 2.70 bits per heavy atom. The number of anilines is 2. The Morgan fingerprint density at radius 1 is 1.20 bits per heavy atom. The van der Waals surface area contributed by atoms with Crippen LogP contribution in [0.25, 0.3) is 0 Å². The Hall–Kier alpha value is -2.83. The van der Waals surface area contributed by atoms with Crippen molar-refractivity contribution in [3.8, 4) is 0 Å². The fourth-order valence-corrected chi connectivity index (χ4v) is 4.56. The molecule has 1 amide bonds. The summed E-state index contributed by atoms with van der Waals surface area (Å²) in [5.41, 5.74) is 5.89. The van der Waals surface area contributed by atoms with Gasteiger partial charge in [0.1, 0.15) is 0 Å². The molecular formula is C23H30N4O3. The number of carbonyl (C=O) groups is 2. The Bertz CT molecular complexity index is 979. The van der Waals surface area contributed by atoms with Crippen LogP contribution in [-0.4, -0.2) is 41.4 Å². The maximum Gasteiger partial charge on any atom is 0.359 e. The molecule has 7 nitrogen and oxygen atoms in total. The average Bonchev–Trinajstić information content (AvgIpc) is 3.12. The lowest BCUT2D eigenvalue weighted by Crippen LogP contribution is -2.34. The second-order valence-electron chi connectivity index (χ2n) is 8.29. The van der Waals surface area contributed by atoms with Crippen LogP contribution in [0.5, 0.6) is 0 Å². The fourth-order valence-electron chi connectivity index (χ4n) is 4.56. The SMILES string of the molecule is CCOC(=O)c1nn(C(C)C)c2c1CN(c1ccc3c(c1)CCCN3C(C)=O)CC2. The minimum Gasteiger partial charge on any atom is -0.461 e. The van der Waals surface area contributed by atoms with Crippen molar-refractivity contribution in [2.24, 2.45) is 0 Å². The molecule has 2 aliphatic heterocycles. The summed E-state index contributed by atoms with van der Waals surface area (Å²) < 4.78 is 7.23. The van der Waals surface area contributed by atoms with E-state index >= 15 is 0 Å². The molecule has 1 aromatic heterocycles. The largest absolute Gasteiger partial charge is 0.461 e. The number of amides is 1. The Morgan fingerprint density at radius 2 is 2.00 bits per heavy atom. The first-order valence-corrected chi connectivity index (χ1v) is 10.8. The number of rotatable bonds is 4. The third-order valence-corrected chi connectivity index (χ3v) is 5.97. The first-order chi connectivity index (χ1) is 14.4. The lowest BCUT2D eigenvalue weighted by molar-refractivity contribution is -0.116. The van der Waals surface area contributed by atoms with Crippen LogP contribution in [0.2, 0.25) is 0 Å². The molecule has 0 bridgehead atoms. The molecule has 1 aromatic carbocycles. The first-order valence-electron chi connectivity index (χ1n) is 10.8. The second kappa shape index (κ2) is 8.13. The molecule has 3 heterocycles. The highest BCUT2D eigenvalue weighted by molar-refractivity contribution is 5.93. The third-order valence-electron chi connectivity index (χ3n) is 5.97. The number of benzene rings is 1. The van der Waals surface area contributed by atoms with Gasteiger partial charge in [-0.3, -0.25) is 9.48 Å². The number of esters is 1. The molecule has 0 N–H and O–H groups in total. The van der Waals surface area contributed by atoms with E-state index in [0.717, 1.165) is 55.0 Å². The smallest absolute Gasteiger partial charge is 0.359 e. The highest BCUT2D eigenvalue weighted by Crippen LogP contribution is 2.34. The molecule has 160 valence electrons. The quantitative estimate of drug-likeness (QED) is 0.722. The maximum absolute atomic E-state index is 12.5. The maximum atomic E-state index is 12.5. The molecule has 0 radical (unpaired) electrons. The van der Waals surface area contributed by atoms with E-state index in [1.165, 1.54) is 5.56 Å². The molecule has 0 saturated heterocycles. The number of carbonyl (C=O) groups excluding carboxylic acids is 2. The number of fused-ring (bicyclic) bond motifs is 2. The number of nitrogens with zero attached hydrogens (tertiary/aromatic N) is 4. The minimum absolute atomic E-state index is 0.0893. The number of aromatic nitrogens is 2. The molecule has 0 fully saturated rings. The number of hydrogen-bond acceptors (Lipinski definition) is 5. The molecule has 0 atom stereocenters. The van der Waals surface area contributed by atoms with Gasteiger partial charge in [0.2, 0.25) is 5.91 Å². The van der Waals surface area contributed by atoms with Crippen molar-refractivity contribution in [2.75, 3.05) is 29.5 Å². The average molecular weight is 411 g/mol. The highest BCUT2D eigenvalue weighted by Gasteiger charge is 2.30. The van der Waals surface area contributed by atoms with Crippen LogP contribution < -0.4 is 9.80 Å². The Kier molecular flexibility index (Phi) is 5.54. The summed E-state index contributed by atoms with van der Waals surface area (Å²) in [5.74, 6) is -0.260. The van der Waals surface area contributed by atoms with Crippen molar-refractivity contribution >= 4 is 23.3 Å². The zero-order valence-corrected chi connectivity index (χ0v) is 18.3. The van der Waals surface area contributed by atoms with Crippen molar-refractivity contribution in [1.29, 1.82) is 0 Å². The van der Waals surface area contributed by atoms with E-state index in [9.17, 15) is 9.59 Å². The number of aryl methyl sites for hydroxylation is 1. The Balaban J connectivity index is 1.66. The van der Waals surface area contributed by atoms with Gasteiger partial charge >= 0.3 is 5.97 Å². The van der Waals surface area contributed by atoms with E-state index in [1.807, 2.05) is 16.5 Å². The molecule has 0 spiro atoms. The molecule has 7 heteroatoms. The van der Waals surface area contributed by atoms with Gasteiger partial charge in [0.15, 0.2) is 5.69 Å². The van der Waals surface area contributed by atoms with E-state index < -0.39 is 0 Å². The molecule has 30 heavy (non-hydrogen) atoms. The fraction of sp³-hybridized carbons (Fsp3) is 0.522. The zero-order chi connectivity index (χ0) is 21.4. The van der Waals surface area contributed by atoms with Crippen LogP contribution in [0.15, 0.2) is 18.2 Å². The Labute approximate surface area is 177 Å². The summed E-state index contributed by atoms with van der Waals surface area (Å²) in [6.07, 6.45) is 2.79. The van der Waals surface area contributed by atoms with Gasteiger partial charge in [0.25, 0.3) is 0 Å². The van der Waals surface area contributed by atoms with Gasteiger partial charge in [-0.05, 0) is 57.4 Å². The lowest BCUT2D eigenvalue weighted by Gasteiger charge is -2.33. The van der Waals surface area contributed by atoms with Gasteiger partial charge in [-0.25, -0.2) is 4.79 Å². The summed E-state index contributed by atoms with van der Waals surface area (Å²) in [7, 11) is 0. The predicted octanol–water partition coefficient (Wildman–Crippen LogP) is 3.50.